The molecule has 2 heterocycles. The lowest BCUT2D eigenvalue weighted by atomic mass is 10.1. The number of methoxy groups -OCH3 is 1. The molecule has 8 heteroatoms. The van der Waals surface area contributed by atoms with Gasteiger partial charge in [0.1, 0.15) is 17.3 Å². The maximum atomic E-state index is 13.0. The van der Waals surface area contributed by atoms with E-state index in [2.05, 4.69) is 0 Å². The van der Waals surface area contributed by atoms with Gasteiger partial charge in [-0.2, -0.15) is 13.2 Å². The first-order valence-corrected chi connectivity index (χ1v) is 10.8. The van der Waals surface area contributed by atoms with Gasteiger partial charge in [-0.05, 0) is 54.6 Å². The Bertz CT molecular complexity index is 1080. The molecule has 0 unspecified atom stereocenters. The average molecular weight is 458 g/mol. The second-order valence-corrected chi connectivity index (χ2v) is 7.91. The lowest BCUT2D eigenvalue weighted by molar-refractivity contribution is -0.137. The summed E-state index contributed by atoms with van der Waals surface area (Å²) in [5.74, 6) is 2.25. The molecule has 174 valence electrons. The standard InChI is InChI=1S/C25H25F3N2O3/c1-32-21-7-5-18(6-8-21)23-11-9-22(33-23)10-12-24(31)30-15-13-29(14-16-30)20-4-2-3-19(17-20)25(26,27)28/h2-9,11,17H,10,12-16H2,1H3. The van der Waals surface area contributed by atoms with Crippen molar-refractivity contribution in [2.24, 2.45) is 0 Å². The molecular weight excluding hydrogens is 433 g/mol. The van der Waals surface area contributed by atoms with Crippen molar-refractivity contribution in [1.29, 1.82) is 0 Å². The zero-order valence-corrected chi connectivity index (χ0v) is 18.3. The molecule has 1 aromatic heterocycles. The molecule has 4 rings (SSSR count). The Kier molecular flexibility index (Phi) is 6.62. The molecule has 0 aliphatic carbocycles. The SMILES string of the molecule is COc1ccc(-c2ccc(CCC(=O)N3CCN(c4cccc(C(F)(F)F)c4)CC3)o2)cc1. The summed E-state index contributed by atoms with van der Waals surface area (Å²) in [6.07, 6.45) is -3.56. The fourth-order valence-corrected chi connectivity index (χ4v) is 3.90. The topological polar surface area (TPSA) is 45.9 Å². The number of halogens is 3. The van der Waals surface area contributed by atoms with Gasteiger partial charge in [0, 0.05) is 50.3 Å². The number of benzene rings is 2. The molecule has 0 atom stereocenters. The van der Waals surface area contributed by atoms with Gasteiger partial charge in [-0.15, -0.1) is 0 Å². The number of furan rings is 1. The van der Waals surface area contributed by atoms with Crippen molar-refractivity contribution in [1.82, 2.24) is 4.90 Å². The predicted octanol–water partition coefficient (Wildman–Crippen LogP) is 5.26. The first-order valence-electron chi connectivity index (χ1n) is 10.8. The Hall–Kier alpha value is -3.42. The predicted molar refractivity (Wildman–Crippen MR) is 119 cm³/mol. The number of hydrogen-bond donors (Lipinski definition) is 0. The van der Waals surface area contributed by atoms with Crippen LogP contribution in [-0.2, 0) is 17.4 Å². The highest BCUT2D eigenvalue weighted by Crippen LogP contribution is 2.32. The molecule has 2 aromatic carbocycles. The van der Waals surface area contributed by atoms with Gasteiger partial charge < -0.3 is 19.0 Å². The van der Waals surface area contributed by atoms with Crippen LogP contribution < -0.4 is 9.64 Å². The van der Waals surface area contributed by atoms with Gasteiger partial charge in [0.05, 0.1) is 12.7 Å². The van der Waals surface area contributed by atoms with E-state index in [4.69, 9.17) is 9.15 Å². The molecule has 1 aliphatic heterocycles. The maximum Gasteiger partial charge on any atom is 0.416 e. The zero-order valence-electron chi connectivity index (χ0n) is 18.3. The van der Waals surface area contributed by atoms with E-state index >= 15 is 0 Å². The minimum absolute atomic E-state index is 0.0149. The Morgan fingerprint density at radius 1 is 1.00 bits per heavy atom. The lowest BCUT2D eigenvalue weighted by Crippen LogP contribution is -2.48. The van der Waals surface area contributed by atoms with Crippen LogP contribution in [0.2, 0.25) is 0 Å². The minimum Gasteiger partial charge on any atom is -0.497 e. The summed E-state index contributed by atoms with van der Waals surface area (Å²) in [5, 5.41) is 0. The highest BCUT2D eigenvalue weighted by molar-refractivity contribution is 5.76. The van der Waals surface area contributed by atoms with Crippen LogP contribution >= 0.6 is 0 Å². The Morgan fingerprint density at radius 3 is 2.39 bits per heavy atom. The molecule has 1 fully saturated rings. The van der Waals surface area contributed by atoms with E-state index in [9.17, 15) is 18.0 Å². The number of carbonyl (C=O) groups is 1. The zero-order chi connectivity index (χ0) is 23.4. The van der Waals surface area contributed by atoms with Gasteiger partial charge in [-0.25, -0.2) is 0 Å². The number of anilines is 1. The third kappa shape index (κ3) is 5.50. The molecule has 0 saturated carbocycles. The van der Waals surface area contributed by atoms with E-state index in [1.165, 1.54) is 6.07 Å². The number of carbonyl (C=O) groups excluding carboxylic acids is 1. The number of piperazine rings is 1. The fraction of sp³-hybridized carbons (Fsp3) is 0.320. The van der Waals surface area contributed by atoms with E-state index in [0.717, 1.165) is 35.0 Å². The number of alkyl halides is 3. The number of nitrogens with zero attached hydrogens (tertiary/aromatic N) is 2. The highest BCUT2D eigenvalue weighted by Gasteiger charge is 2.31. The summed E-state index contributed by atoms with van der Waals surface area (Å²) < 4.78 is 50.0. The molecule has 5 nitrogen and oxygen atoms in total. The van der Waals surface area contributed by atoms with Gasteiger partial charge in [0.25, 0.3) is 0 Å². The van der Waals surface area contributed by atoms with E-state index in [0.29, 0.717) is 44.7 Å². The first-order chi connectivity index (χ1) is 15.8. The van der Waals surface area contributed by atoms with Crippen LogP contribution in [0.25, 0.3) is 11.3 Å². The molecule has 1 aliphatic rings. The summed E-state index contributed by atoms with van der Waals surface area (Å²) in [6.45, 7) is 1.94. The molecule has 1 saturated heterocycles. The summed E-state index contributed by atoms with van der Waals surface area (Å²) in [6, 6.07) is 16.6. The van der Waals surface area contributed by atoms with Crippen LogP contribution in [0.4, 0.5) is 18.9 Å². The van der Waals surface area contributed by atoms with Crippen LogP contribution in [0.3, 0.4) is 0 Å². The highest BCUT2D eigenvalue weighted by atomic mass is 19.4. The monoisotopic (exact) mass is 458 g/mol. The third-order valence-corrected chi connectivity index (χ3v) is 5.79. The average Bonchev–Trinajstić information content (AvgIpc) is 3.31. The quantitative estimate of drug-likeness (QED) is 0.506. The Morgan fingerprint density at radius 2 is 1.73 bits per heavy atom. The number of aryl methyl sites for hydroxylation is 1. The number of ether oxygens (including phenoxy) is 1. The molecule has 0 radical (unpaired) electrons. The third-order valence-electron chi connectivity index (χ3n) is 5.79. The Labute approximate surface area is 190 Å². The summed E-state index contributed by atoms with van der Waals surface area (Å²) in [7, 11) is 1.61. The first kappa shape index (κ1) is 22.8. The Balaban J connectivity index is 1.28. The van der Waals surface area contributed by atoms with E-state index < -0.39 is 11.7 Å². The van der Waals surface area contributed by atoms with Crippen molar-refractivity contribution in [2.45, 2.75) is 19.0 Å². The van der Waals surface area contributed by atoms with Gasteiger partial charge in [-0.1, -0.05) is 6.07 Å². The number of rotatable bonds is 6. The fourth-order valence-electron chi connectivity index (χ4n) is 3.90. The van der Waals surface area contributed by atoms with Gasteiger partial charge in [-0.3, -0.25) is 4.79 Å². The summed E-state index contributed by atoms with van der Waals surface area (Å²) in [5.41, 5.74) is 0.795. The van der Waals surface area contributed by atoms with Crippen molar-refractivity contribution >= 4 is 11.6 Å². The minimum atomic E-state index is -4.37. The molecule has 0 N–H and O–H groups in total. The normalized spacial score (nSPS) is 14.4. The molecule has 0 bridgehead atoms. The number of amides is 1. The lowest BCUT2D eigenvalue weighted by Gasteiger charge is -2.36. The molecule has 0 spiro atoms. The molecule has 1 amide bonds. The van der Waals surface area contributed by atoms with Crippen LogP contribution in [0, 0.1) is 0 Å². The second-order valence-electron chi connectivity index (χ2n) is 7.91. The smallest absolute Gasteiger partial charge is 0.416 e. The van der Waals surface area contributed by atoms with Gasteiger partial charge >= 0.3 is 6.18 Å². The van der Waals surface area contributed by atoms with Crippen LogP contribution in [-0.4, -0.2) is 44.1 Å². The summed E-state index contributed by atoms with van der Waals surface area (Å²) >= 11 is 0. The van der Waals surface area contributed by atoms with Crippen molar-refractivity contribution in [2.75, 3.05) is 38.2 Å². The van der Waals surface area contributed by atoms with Crippen molar-refractivity contribution in [3.8, 4) is 17.1 Å². The van der Waals surface area contributed by atoms with Gasteiger partial charge in [0.15, 0.2) is 0 Å². The second kappa shape index (κ2) is 9.60. The van der Waals surface area contributed by atoms with Crippen molar-refractivity contribution in [3.63, 3.8) is 0 Å². The maximum absolute atomic E-state index is 13.0. The van der Waals surface area contributed by atoms with E-state index in [1.54, 1.807) is 18.1 Å². The van der Waals surface area contributed by atoms with Crippen LogP contribution in [0.5, 0.6) is 5.75 Å². The van der Waals surface area contributed by atoms with Crippen LogP contribution in [0.1, 0.15) is 17.7 Å². The van der Waals surface area contributed by atoms with Gasteiger partial charge in [0.2, 0.25) is 5.91 Å². The number of hydrogen-bond acceptors (Lipinski definition) is 4. The van der Waals surface area contributed by atoms with Crippen LogP contribution in [0.15, 0.2) is 65.1 Å². The molecular formula is C25H25F3N2O3. The van der Waals surface area contributed by atoms with E-state index in [-0.39, 0.29) is 5.91 Å². The van der Waals surface area contributed by atoms with Crippen molar-refractivity contribution < 1.29 is 27.1 Å². The molecule has 33 heavy (non-hydrogen) atoms. The summed E-state index contributed by atoms with van der Waals surface area (Å²) in [4.78, 5) is 16.3. The van der Waals surface area contributed by atoms with Crippen molar-refractivity contribution in [3.05, 3.63) is 72.0 Å². The van der Waals surface area contributed by atoms with E-state index in [1.807, 2.05) is 41.3 Å². The largest absolute Gasteiger partial charge is 0.497 e. The molecule has 3 aromatic rings.